The van der Waals surface area contributed by atoms with E-state index in [9.17, 15) is 14.8 Å². The lowest BCUT2D eigenvalue weighted by Gasteiger charge is -2.34. The lowest BCUT2D eigenvalue weighted by Crippen LogP contribution is -2.34. The Balaban J connectivity index is 2.69. The number of hydrogen-bond acceptors (Lipinski definition) is 6. The van der Waals surface area contributed by atoms with Gasteiger partial charge in [-0.25, -0.2) is 14.7 Å². The van der Waals surface area contributed by atoms with Gasteiger partial charge in [0.25, 0.3) is 0 Å². The Bertz CT molecular complexity index is 733. The number of ether oxygens (including phenoxy) is 2. The molecule has 0 aromatic heterocycles. The van der Waals surface area contributed by atoms with Crippen LogP contribution in [0.1, 0.15) is 39.2 Å². The zero-order chi connectivity index (χ0) is 18.7. The van der Waals surface area contributed by atoms with Crippen molar-refractivity contribution in [3.63, 3.8) is 0 Å². The molecule has 0 amide bonds. The van der Waals surface area contributed by atoms with E-state index in [2.05, 4.69) is 0 Å². The van der Waals surface area contributed by atoms with Crippen molar-refractivity contribution in [1.82, 2.24) is 5.06 Å². The van der Waals surface area contributed by atoms with Gasteiger partial charge in [0, 0.05) is 0 Å². The van der Waals surface area contributed by atoms with Crippen LogP contribution in [0, 0.1) is 0 Å². The Morgan fingerprint density at radius 1 is 1.04 bits per heavy atom. The molecule has 25 heavy (non-hydrogen) atoms. The zero-order valence-electron chi connectivity index (χ0n) is 15.1. The van der Waals surface area contributed by atoms with Crippen molar-refractivity contribution in [3.8, 4) is 0 Å². The molecule has 1 aliphatic rings. The molecule has 2 rings (SSSR count). The number of hydroxylamine groups is 2. The molecule has 0 aliphatic carbocycles. The summed E-state index contributed by atoms with van der Waals surface area (Å²) in [6.45, 7) is 6.71. The smallest absolute Gasteiger partial charge is 0.337 e. The van der Waals surface area contributed by atoms with Gasteiger partial charge in [0.05, 0.1) is 41.7 Å². The second-order valence-electron chi connectivity index (χ2n) is 6.10. The van der Waals surface area contributed by atoms with Gasteiger partial charge in [-0.3, -0.25) is 5.21 Å². The van der Waals surface area contributed by atoms with Gasteiger partial charge < -0.3 is 9.47 Å². The van der Waals surface area contributed by atoms with E-state index in [1.807, 2.05) is 30.3 Å². The van der Waals surface area contributed by atoms with Crippen molar-refractivity contribution in [2.45, 2.75) is 39.7 Å². The summed E-state index contributed by atoms with van der Waals surface area (Å²) < 4.78 is 10.2. The summed E-state index contributed by atoms with van der Waals surface area (Å²) in [5, 5.41) is 11.2. The Kier molecular flexibility index (Phi) is 5.64. The Morgan fingerprint density at radius 3 is 2.04 bits per heavy atom. The van der Waals surface area contributed by atoms with Crippen molar-refractivity contribution >= 4 is 11.9 Å². The van der Waals surface area contributed by atoms with Crippen LogP contribution in [-0.4, -0.2) is 35.4 Å². The first-order valence-electron chi connectivity index (χ1n) is 8.04. The monoisotopic (exact) mass is 345 g/mol. The number of carbonyl (C=O) groups is 2. The van der Waals surface area contributed by atoms with Crippen LogP contribution in [0.3, 0.4) is 0 Å². The lowest BCUT2D eigenvalue weighted by atomic mass is 9.80. The molecule has 0 fully saturated rings. The number of benzene rings is 1. The highest BCUT2D eigenvalue weighted by Crippen LogP contribution is 2.42. The molecule has 0 saturated carbocycles. The van der Waals surface area contributed by atoms with Gasteiger partial charge in [0.1, 0.15) is 0 Å². The van der Waals surface area contributed by atoms with Crippen molar-refractivity contribution in [2.24, 2.45) is 0 Å². The van der Waals surface area contributed by atoms with Gasteiger partial charge in [-0.2, -0.15) is 0 Å². The number of hydrogen-bond donors (Lipinski definition) is 1. The molecule has 0 saturated heterocycles. The molecule has 1 heterocycles. The molecular formula is C19H23NO5. The standard InChI is InChI=1S/C19H23NO5/c1-11(2)25-19(22)16-13(4)20(23)12(3)15(18(21)24-5)17(16)14-9-7-6-8-10-14/h6-11,17,23H,1-5H3. The number of allylic oxidation sites excluding steroid dienone is 2. The highest BCUT2D eigenvalue weighted by atomic mass is 16.5. The molecule has 0 spiro atoms. The summed E-state index contributed by atoms with van der Waals surface area (Å²) in [6, 6.07) is 9.15. The number of methoxy groups -OCH3 is 1. The Labute approximate surface area is 147 Å². The lowest BCUT2D eigenvalue weighted by molar-refractivity contribution is -0.144. The maximum absolute atomic E-state index is 12.7. The van der Waals surface area contributed by atoms with E-state index in [4.69, 9.17) is 9.47 Å². The van der Waals surface area contributed by atoms with E-state index in [1.54, 1.807) is 27.7 Å². The third kappa shape index (κ3) is 3.58. The summed E-state index contributed by atoms with van der Waals surface area (Å²) in [5.41, 5.74) is 1.81. The number of nitrogens with zero attached hydrogens (tertiary/aromatic N) is 1. The van der Waals surface area contributed by atoms with Crippen molar-refractivity contribution < 1.29 is 24.3 Å². The van der Waals surface area contributed by atoms with Crippen molar-refractivity contribution in [1.29, 1.82) is 0 Å². The van der Waals surface area contributed by atoms with Crippen LogP contribution in [0.4, 0.5) is 0 Å². The van der Waals surface area contributed by atoms with Gasteiger partial charge in [0.2, 0.25) is 0 Å². The van der Waals surface area contributed by atoms with Crippen LogP contribution in [0.2, 0.25) is 0 Å². The molecule has 1 aliphatic heterocycles. The molecular weight excluding hydrogens is 322 g/mol. The molecule has 0 radical (unpaired) electrons. The highest BCUT2D eigenvalue weighted by molar-refractivity contribution is 5.99. The Morgan fingerprint density at radius 2 is 1.56 bits per heavy atom. The van der Waals surface area contributed by atoms with Crippen LogP contribution in [0.25, 0.3) is 0 Å². The van der Waals surface area contributed by atoms with E-state index in [0.717, 1.165) is 10.6 Å². The second kappa shape index (κ2) is 7.53. The van der Waals surface area contributed by atoms with E-state index in [0.29, 0.717) is 11.4 Å². The fourth-order valence-electron chi connectivity index (χ4n) is 2.94. The van der Waals surface area contributed by atoms with E-state index in [1.165, 1.54) is 7.11 Å². The van der Waals surface area contributed by atoms with Gasteiger partial charge in [-0.15, -0.1) is 0 Å². The van der Waals surface area contributed by atoms with Crippen LogP contribution in [0.5, 0.6) is 0 Å². The number of esters is 2. The summed E-state index contributed by atoms with van der Waals surface area (Å²) in [6.07, 6.45) is -0.329. The summed E-state index contributed by atoms with van der Waals surface area (Å²) in [5.74, 6) is -1.86. The quantitative estimate of drug-likeness (QED) is 0.845. The average molecular weight is 345 g/mol. The third-order valence-corrected chi connectivity index (χ3v) is 4.09. The van der Waals surface area contributed by atoms with Gasteiger partial charge in [-0.05, 0) is 33.3 Å². The maximum atomic E-state index is 12.7. The van der Waals surface area contributed by atoms with Crippen molar-refractivity contribution in [2.75, 3.05) is 7.11 Å². The highest BCUT2D eigenvalue weighted by Gasteiger charge is 2.40. The molecule has 0 bridgehead atoms. The van der Waals surface area contributed by atoms with Crippen LogP contribution in [0.15, 0.2) is 52.9 Å². The average Bonchev–Trinajstić information content (AvgIpc) is 2.58. The minimum absolute atomic E-state index is 0.206. The minimum Gasteiger partial charge on any atom is -0.466 e. The first kappa shape index (κ1) is 18.7. The molecule has 6 nitrogen and oxygen atoms in total. The SMILES string of the molecule is COC(=O)C1=C(C)N(O)C(C)=C(C(=O)OC(C)C)C1c1ccccc1. The summed E-state index contributed by atoms with van der Waals surface area (Å²) in [4.78, 5) is 25.1. The molecule has 1 aromatic carbocycles. The van der Waals surface area contributed by atoms with Crippen LogP contribution < -0.4 is 0 Å². The number of rotatable bonds is 4. The van der Waals surface area contributed by atoms with E-state index >= 15 is 0 Å². The molecule has 1 N–H and O–H groups in total. The molecule has 1 atom stereocenters. The van der Waals surface area contributed by atoms with Crippen LogP contribution in [-0.2, 0) is 19.1 Å². The van der Waals surface area contributed by atoms with E-state index in [-0.39, 0.29) is 17.3 Å². The first-order valence-corrected chi connectivity index (χ1v) is 8.04. The minimum atomic E-state index is -0.678. The normalized spacial score (nSPS) is 17.9. The molecule has 134 valence electrons. The van der Waals surface area contributed by atoms with Crippen molar-refractivity contribution in [3.05, 3.63) is 58.4 Å². The van der Waals surface area contributed by atoms with Crippen LogP contribution >= 0.6 is 0 Å². The molecule has 6 heteroatoms. The van der Waals surface area contributed by atoms with Gasteiger partial charge in [-0.1, -0.05) is 30.3 Å². The predicted octanol–water partition coefficient (Wildman–Crippen LogP) is 3.15. The Hall–Kier alpha value is -2.60. The largest absolute Gasteiger partial charge is 0.466 e. The maximum Gasteiger partial charge on any atom is 0.337 e. The third-order valence-electron chi connectivity index (χ3n) is 4.09. The van der Waals surface area contributed by atoms with E-state index < -0.39 is 17.9 Å². The fraction of sp³-hybridized carbons (Fsp3) is 0.368. The van der Waals surface area contributed by atoms with Gasteiger partial charge >= 0.3 is 11.9 Å². The molecule has 1 unspecified atom stereocenters. The zero-order valence-corrected chi connectivity index (χ0v) is 15.1. The second-order valence-corrected chi connectivity index (χ2v) is 6.10. The topological polar surface area (TPSA) is 76.1 Å². The molecule has 1 aromatic rings. The number of carbonyl (C=O) groups excluding carboxylic acids is 2. The first-order chi connectivity index (χ1) is 11.8. The fourth-order valence-corrected chi connectivity index (χ4v) is 2.94. The summed E-state index contributed by atoms with van der Waals surface area (Å²) in [7, 11) is 1.27. The van der Waals surface area contributed by atoms with Gasteiger partial charge in [0.15, 0.2) is 0 Å². The predicted molar refractivity (Wildman–Crippen MR) is 91.5 cm³/mol. The summed E-state index contributed by atoms with van der Waals surface area (Å²) >= 11 is 0.